The van der Waals surface area contributed by atoms with Crippen LogP contribution in [0.3, 0.4) is 0 Å². The van der Waals surface area contributed by atoms with Gasteiger partial charge in [-0.15, -0.1) is 0 Å². The van der Waals surface area contributed by atoms with Crippen molar-refractivity contribution in [1.29, 1.82) is 0 Å². The van der Waals surface area contributed by atoms with Crippen molar-refractivity contribution >= 4 is 6.47 Å². The van der Waals surface area contributed by atoms with Crippen molar-refractivity contribution in [2.45, 2.75) is 90.5 Å². The lowest BCUT2D eigenvalue weighted by Crippen LogP contribution is -2.38. The van der Waals surface area contributed by atoms with Crippen LogP contribution in [-0.2, 0) is 41.1 Å². The molecule has 0 amide bonds. The van der Waals surface area contributed by atoms with E-state index in [4.69, 9.17) is 4.74 Å². The zero-order chi connectivity index (χ0) is 31.5. The van der Waals surface area contributed by atoms with E-state index in [2.05, 4.69) is 4.90 Å². The van der Waals surface area contributed by atoms with Crippen LogP contribution in [0.2, 0.25) is 0 Å². The lowest BCUT2D eigenvalue weighted by Gasteiger charge is -2.34. The number of alkyl halides is 9. The summed E-state index contributed by atoms with van der Waals surface area (Å²) in [5.41, 5.74) is -3.82. The van der Waals surface area contributed by atoms with E-state index in [9.17, 15) is 44.3 Å². The molecular weight excluding hydrogens is 567 g/mol. The van der Waals surface area contributed by atoms with Crippen molar-refractivity contribution < 1.29 is 49.0 Å². The molecule has 0 saturated carbocycles. The van der Waals surface area contributed by atoms with Crippen LogP contribution < -0.4 is 0 Å². The highest BCUT2D eigenvalue weighted by Crippen LogP contribution is 2.39. The average Bonchev–Trinajstić information content (AvgIpc) is 2.83. The number of carbonyl (C=O) groups excluding carboxylic acids is 1. The predicted molar refractivity (Wildman–Crippen MR) is 135 cm³/mol. The van der Waals surface area contributed by atoms with Crippen molar-refractivity contribution in [3.05, 3.63) is 69.8 Å². The fraction of sp³-hybridized carbons (Fsp3) is 0.536. The highest BCUT2D eigenvalue weighted by molar-refractivity contribution is 5.41. The van der Waals surface area contributed by atoms with Crippen LogP contribution in [0.25, 0.3) is 0 Å². The highest BCUT2D eigenvalue weighted by Gasteiger charge is 2.39. The summed E-state index contributed by atoms with van der Waals surface area (Å²) in [4.78, 5) is 14.7. The van der Waals surface area contributed by atoms with Crippen molar-refractivity contribution in [1.82, 2.24) is 9.80 Å². The Morgan fingerprint density at radius 1 is 0.707 bits per heavy atom. The number of likely N-dealkylation sites (N-methyl/N-ethyl adjacent to an activating group) is 1. The first-order valence-electron chi connectivity index (χ1n) is 12.7. The van der Waals surface area contributed by atoms with Crippen molar-refractivity contribution in [2.24, 2.45) is 0 Å². The molecule has 0 aliphatic rings. The first kappa shape index (κ1) is 34.4. The van der Waals surface area contributed by atoms with E-state index in [1.54, 1.807) is 0 Å². The minimum Gasteiger partial charge on any atom is -0.458 e. The molecular formula is C28H33F9N2O2. The number of carbonyl (C=O) groups is 1. The van der Waals surface area contributed by atoms with Crippen LogP contribution in [0.5, 0.6) is 0 Å². The summed E-state index contributed by atoms with van der Waals surface area (Å²) in [5, 5.41) is 0. The summed E-state index contributed by atoms with van der Waals surface area (Å²) in [5.74, 6) is 0. The minimum atomic E-state index is -5.12. The van der Waals surface area contributed by atoms with Crippen molar-refractivity contribution in [3.63, 3.8) is 0 Å². The fourth-order valence-corrected chi connectivity index (χ4v) is 4.58. The van der Waals surface area contributed by atoms with Crippen LogP contribution in [0.15, 0.2) is 36.4 Å². The van der Waals surface area contributed by atoms with E-state index >= 15 is 0 Å². The molecule has 0 N–H and O–H groups in total. The normalized spacial score (nSPS) is 14.7. The number of benzene rings is 2. The van der Waals surface area contributed by atoms with Crippen LogP contribution >= 0.6 is 0 Å². The number of rotatable bonds is 11. The molecule has 0 radical (unpaired) electrons. The van der Waals surface area contributed by atoms with Gasteiger partial charge >= 0.3 is 18.5 Å². The summed E-state index contributed by atoms with van der Waals surface area (Å²) < 4.78 is 126. The van der Waals surface area contributed by atoms with E-state index in [0.29, 0.717) is 24.2 Å². The Bertz CT molecular complexity index is 1130. The van der Waals surface area contributed by atoms with Crippen LogP contribution in [-0.4, -0.2) is 41.4 Å². The molecule has 230 valence electrons. The topological polar surface area (TPSA) is 32.8 Å². The van der Waals surface area contributed by atoms with E-state index in [-0.39, 0.29) is 36.7 Å². The molecule has 2 unspecified atom stereocenters. The van der Waals surface area contributed by atoms with E-state index < -0.39 is 52.9 Å². The van der Waals surface area contributed by atoms with Gasteiger partial charge in [0.25, 0.3) is 6.47 Å². The summed E-state index contributed by atoms with van der Waals surface area (Å²) in [6, 6.07) is 3.24. The largest absolute Gasteiger partial charge is 0.458 e. The lowest BCUT2D eigenvalue weighted by atomic mass is 9.96. The number of ether oxygens (including phenoxy) is 1. The van der Waals surface area contributed by atoms with Gasteiger partial charge in [0.1, 0.15) is 6.10 Å². The Morgan fingerprint density at radius 2 is 1.20 bits per heavy atom. The van der Waals surface area contributed by atoms with E-state index in [1.165, 1.54) is 24.9 Å². The highest BCUT2D eigenvalue weighted by atomic mass is 19.4. The van der Waals surface area contributed by atoms with Crippen molar-refractivity contribution in [3.8, 4) is 0 Å². The predicted octanol–water partition coefficient (Wildman–Crippen LogP) is 8.10. The molecule has 2 aromatic carbocycles. The summed E-state index contributed by atoms with van der Waals surface area (Å²) in [7, 11) is 1.43. The second-order valence-corrected chi connectivity index (χ2v) is 10.5. The zero-order valence-electron chi connectivity index (χ0n) is 23.4. The van der Waals surface area contributed by atoms with Gasteiger partial charge in [-0.3, -0.25) is 14.6 Å². The van der Waals surface area contributed by atoms with Crippen LogP contribution in [0.4, 0.5) is 39.5 Å². The Labute approximate surface area is 233 Å². The van der Waals surface area contributed by atoms with Gasteiger partial charge in [-0.05, 0) is 88.7 Å². The molecule has 41 heavy (non-hydrogen) atoms. The summed E-state index contributed by atoms with van der Waals surface area (Å²) in [6.45, 7) is 9.15. The third-order valence-electron chi connectivity index (χ3n) is 6.91. The van der Waals surface area contributed by atoms with Crippen LogP contribution in [0.1, 0.15) is 74.1 Å². The molecule has 0 aromatic heterocycles. The number of halogens is 9. The Kier molecular flexibility index (Phi) is 10.9. The van der Waals surface area contributed by atoms with Gasteiger partial charge < -0.3 is 4.74 Å². The van der Waals surface area contributed by atoms with Gasteiger partial charge in [-0.1, -0.05) is 6.07 Å². The Balaban J connectivity index is 2.56. The van der Waals surface area contributed by atoms with Gasteiger partial charge in [-0.25, -0.2) is 0 Å². The van der Waals surface area contributed by atoms with E-state index in [1.807, 2.05) is 27.7 Å². The molecule has 0 saturated heterocycles. The standard InChI is InChI=1S/C28H33F9N2O2/c1-16(2)39(17(3)4)14-19-7-8-22(26(29,30)31)11-21(19)13-38(6)18(5)25(41-15-40)20-9-23(27(32,33)34)12-24(10-20)28(35,36)37/h7-12,15-18,25H,13-14H2,1-6H3. The molecule has 0 aliphatic carbocycles. The second kappa shape index (κ2) is 13.0. The molecule has 2 aromatic rings. The van der Waals surface area contributed by atoms with Gasteiger partial charge in [0.05, 0.1) is 16.7 Å². The summed E-state index contributed by atoms with van der Waals surface area (Å²) >= 11 is 0. The average molecular weight is 601 g/mol. The molecule has 0 fully saturated rings. The van der Waals surface area contributed by atoms with E-state index in [0.717, 1.165) is 12.1 Å². The molecule has 13 heteroatoms. The SMILES string of the molecule is CC(C(OC=O)c1cc(C(F)(F)F)cc(C(F)(F)F)c1)N(C)Cc1cc(C(F)(F)F)ccc1CN(C(C)C)C(C)C. The van der Waals surface area contributed by atoms with Crippen LogP contribution in [0, 0.1) is 0 Å². The number of hydrogen-bond acceptors (Lipinski definition) is 4. The smallest absolute Gasteiger partial charge is 0.416 e. The maximum atomic E-state index is 13.6. The first-order chi connectivity index (χ1) is 18.7. The molecule has 2 atom stereocenters. The second-order valence-electron chi connectivity index (χ2n) is 10.5. The maximum Gasteiger partial charge on any atom is 0.416 e. The Hall–Kier alpha value is -2.80. The van der Waals surface area contributed by atoms with Gasteiger partial charge in [0.15, 0.2) is 0 Å². The lowest BCUT2D eigenvalue weighted by molar-refractivity contribution is -0.143. The van der Waals surface area contributed by atoms with Gasteiger partial charge in [-0.2, -0.15) is 39.5 Å². The van der Waals surface area contributed by atoms with Gasteiger partial charge in [0, 0.05) is 31.2 Å². The third kappa shape index (κ3) is 9.09. The zero-order valence-corrected chi connectivity index (χ0v) is 23.4. The quantitative estimate of drug-likeness (QED) is 0.193. The van der Waals surface area contributed by atoms with Crippen molar-refractivity contribution in [2.75, 3.05) is 7.05 Å². The molecule has 0 spiro atoms. The Morgan fingerprint density at radius 3 is 1.61 bits per heavy atom. The van der Waals surface area contributed by atoms with Gasteiger partial charge in [0.2, 0.25) is 0 Å². The number of nitrogens with zero attached hydrogens (tertiary/aromatic N) is 2. The third-order valence-corrected chi connectivity index (χ3v) is 6.91. The fourth-order valence-electron chi connectivity index (χ4n) is 4.58. The molecule has 0 heterocycles. The molecule has 0 aliphatic heterocycles. The maximum absolute atomic E-state index is 13.6. The summed E-state index contributed by atoms with van der Waals surface area (Å²) in [6.07, 6.45) is -16.5. The molecule has 0 bridgehead atoms. The number of hydrogen-bond donors (Lipinski definition) is 0. The molecule has 4 nitrogen and oxygen atoms in total. The monoisotopic (exact) mass is 600 g/mol. The first-order valence-corrected chi connectivity index (χ1v) is 12.7. The molecule has 2 rings (SSSR count). The minimum absolute atomic E-state index is 0.0417.